The zero-order valence-corrected chi connectivity index (χ0v) is 30.2. The molecule has 5 rings (SSSR count). The van der Waals surface area contributed by atoms with Crippen LogP contribution in [0, 0.1) is 0 Å². The van der Waals surface area contributed by atoms with Crippen LogP contribution in [-0.2, 0) is 40.5 Å². The third kappa shape index (κ3) is 8.59. The van der Waals surface area contributed by atoms with Gasteiger partial charge in [-0.1, -0.05) is 18.2 Å². The fourth-order valence-electron chi connectivity index (χ4n) is 5.05. The topological polar surface area (TPSA) is 389 Å². The smallest absolute Gasteiger partial charge is 0.297 e. The highest BCUT2D eigenvalue weighted by atomic mass is 32.2. The maximum atomic E-state index is 12.6. The Bertz CT molecular complexity index is 2780. The van der Waals surface area contributed by atoms with Gasteiger partial charge in [0.05, 0.1) is 10.6 Å². The molecule has 1 aromatic heterocycles. The van der Waals surface area contributed by atoms with E-state index in [-0.39, 0.29) is 49.4 Å². The number of nitrogens with one attached hydrogen (secondary N) is 3. The Labute approximate surface area is 305 Å². The number of phenols is 1. The molecule has 0 aliphatic rings. The first-order valence-electron chi connectivity index (χ1n) is 14.8. The summed E-state index contributed by atoms with van der Waals surface area (Å²) < 4.78 is 138. The molecule has 0 spiro atoms. The largest absolute Gasteiger partial charge is 0.505 e. The van der Waals surface area contributed by atoms with Gasteiger partial charge < -0.3 is 32.5 Å². The third-order valence-corrected chi connectivity index (χ3v) is 10.7. The molecule has 288 valence electrons. The predicted molar refractivity (Wildman–Crippen MR) is 191 cm³/mol. The van der Waals surface area contributed by atoms with E-state index in [0.717, 1.165) is 42.5 Å². The lowest BCUT2D eigenvalue weighted by atomic mass is 10.1. The number of aromatic nitrogens is 3. The van der Waals surface area contributed by atoms with Gasteiger partial charge in [-0.15, -0.1) is 10.2 Å². The van der Waals surface area contributed by atoms with Gasteiger partial charge in [0.25, 0.3) is 40.5 Å². The molecular weight excluding hydrogens is 801 g/mol. The van der Waals surface area contributed by atoms with Crippen LogP contribution in [0.15, 0.2) is 78.3 Å². The number of hydrogen-bond donors (Lipinski definition) is 10. The van der Waals surface area contributed by atoms with Crippen LogP contribution in [0.2, 0.25) is 0 Å². The van der Waals surface area contributed by atoms with Gasteiger partial charge in [0.1, 0.15) is 26.1 Å². The summed E-state index contributed by atoms with van der Waals surface area (Å²) in [5.41, 5.74) is 8.90. The average Bonchev–Trinajstić information content (AvgIpc) is 3.06. The Kier molecular flexibility index (Phi) is 11.0. The van der Waals surface area contributed by atoms with Gasteiger partial charge in [0, 0.05) is 42.3 Å². The number of aromatic hydroxyl groups is 1. The van der Waals surface area contributed by atoms with Gasteiger partial charge in [0.2, 0.25) is 17.8 Å². The summed E-state index contributed by atoms with van der Waals surface area (Å²) in [6.45, 7) is 0.733. The zero-order chi connectivity index (χ0) is 39.8. The fraction of sp³-hybridized carbons (Fsp3) is 0.148. The van der Waals surface area contributed by atoms with Crippen molar-refractivity contribution in [3.63, 3.8) is 0 Å². The van der Waals surface area contributed by atoms with E-state index in [0.29, 0.717) is 6.07 Å². The second-order valence-electron chi connectivity index (χ2n) is 10.9. The maximum Gasteiger partial charge on any atom is 0.297 e. The summed E-state index contributed by atoms with van der Waals surface area (Å²) in [6, 6.07) is 7.08. The van der Waals surface area contributed by atoms with Crippen LogP contribution >= 0.6 is 0 Å². The Morgan fingerprint density at radius 2 is 1.24 bits per heavy atom. The number of phenolic OH excluding ortho intramolecular Hbond substituents is 1. The standard InChI is InChI=1S/C27H28N10O13S4/c28-6-8-30-25-33-26(31-9-7-29)35-27(34-25)32-18-12-14(51(39,40)41)10-13-11-20(53(45,46)47)22(23(38)21(13)18)37-36-17-5-4-15-16(24(17)54(48,49)50)2-1-3-19(15)52(42,43)44/h1-5,10-12,38H,6-9,28-29H2,(H,39,40,41)(H,42,43,44)(H,45,46,47)(H,48,49,50)(H3,30,31,32,33,34,35). The maximum absolute atomic E-state index is 12.6. The molecule has 5 aromatic rings. The monoisotopic (exact) mass is 828 g/mol. The number of fused-ring (bicyclic) bond motifs is 2. The third-order valence-electron chi connectivity index (χ3n) is 7.18. The lowest BCUT2D eigenvalue weighted by molar-refractivity contribution is 0.472. The first-order valence-corrected chi connectivity index (χ1v) is 20.5. The molecule has 0 unspecified atom stereocenters. The van der Waals surface area contributed by atoms with Crippen LogP contribution < -0.4 is 27.4 Å². The molecule has 54 heavy (non-hydrogen) atoms. The molecule has 0 radical (unpaired) electrons. The van der Waals surface area contributed by atoms with Crippen LogP contribution in [0.25, 0.3) is 21.5 Å². The Morgan fingerprint density at radius 1 is 0.648 bits per heavy atom. The minimum atomic E-state index is -5.37. The van der Waals surface area contributed by atoms with Crippen molar-refractivity contribution in [3.8, 4) is 5.75 Å². The van der Waals surface area contributed by atoms with Crippen molar-refractivity contribution in [3.05, 3.63) is 48.5 Å². The molecule has 4 aromatic carbocycles. The summed E-state index contributed by atoms with van der Waals surface area (Å²) in [4.78, 5) is 8.66. The summed E-state index contributed by atoms with van der Waals surface area (Å²) in [5.74, 6) is -1.49. The van der Waals surface area contributed by atoms with Gasteiger partial charge in [0.15, 0.2) is 5.75 Å². The molecule has 27 heteroatoms. The van der Waals surface area contributed by atoms with Gasteiger partial charge in [-0.2, -0.15) is 48.6 Å². The van der Waals surface area contributed by atoms with Crippen LogP contribution in [0.3, 0.4) is 0 Å². The zero-order valence-electron chi connectivity index (χ0n) is 27.0. The van der Waals surface area contributed by atoms with E-state index in [9.17, 15) is 57.0 Å². The van der Waals surface area contributed by atoms with Crippen LogP contribution in [0.4, 0.5) is 34.9 Å². The van der Waals surface area contributed by atoms with Crippen molar-refractivity contribution in [2.75, 3.05) is 42.1 Å². The van der Waals surface area contributed by atoms with E-state index < -0.39 is 99.0 Å². The number of anilines is 4. The SMILES string of the molecule is NCCNc1nc(NCCN)nc(Nc2cc(S(=O)(=O)O)cc3cc(S(=O)(=O)O)c(N=Nc4ccc5c(S(=O)(=O)O)cccc5c4S(=O)(=O)O)c(O)c23)n1. The second-order valence-corrected chi connectivity index (χ2v) is 16.4. The predicted octanol–water partition coefficient (Wildman–Crippen LogP) is 1.77. The van der Waals surface area contributed by atoms with E-state index in [4.69, 9.17) is 11.5 Å². The number of nitrogens with two attached hydrogens (primary N) is 2. The van der Waals surface area contributed by atoms with Crippen LogP contribution in [0.5, 0.6) is 5.75 Å². The minimum Gasteiger partial charge on any atom is -0.505 e. The van der Waals surface area contributed by atoms with Gasteiger partial charge >= 0.3 is 0 Å². The Morgan fingerprint density at radius 3 is 1.78 bits per heavy atom. The van der Waals surface area contributed by atoms with Crippen molar-refractivity contribution in [2.24, 2.45) is 21.7 Å². The quantitative estimate of drug-likeness (QED) is 0.0563. The highest BCUT2D eigenvalue weighted by molar-refractivity contribution is 7.87. The van der Waals surface area contributed by atoms with E-state index in [1.165, 1.54) is 0 Å². The van der Waals surface area contributed by atoms with Crippen LogP contribution in [-0.4, -0.2) is 98.1 Å². The lowest BCUT2D eigenvalue weighted by Gasteiger charge is -2.16. The highest BCUT2D eigenvalue weighted by Crippen LogP contribution is 2.46. The molecule has 12 N–H and O–H groups in total. The molecule has 0 fully saturated rings. The van der Waals surface area contributed by atoms with E-state index in [1.54, 1.807) is 0 Å². The first kappa shape index (κ1) is 40.0. The molecule has 0 aliphatic carbocycles. The lowest BCUT2D eigenvalue weighted by Crippen LogP contribution is -2.19. The first-order chi connectivity index (χ1) is 25.1. The van der Waals surface area contributed by atoms with Crippen LogP contribution in [0.1, 0.15) is 0 Å². The molecule has 0 bridgehead atoms. The number of hydrogen-bond acceptors (Lipinski definition) is 19. The van der Waals surface area contributed by atoms with Crippen molar-refractivity contribution < 1.29 is 57.0 Å². The normalized spacial score (nSPS) is 12.8. The molecular formula is C27H28N10O13S4. The fourth-order valence-corrected chi connectivity index (χ4v) is 7.78. The molecule has 0 saturated heterocycles. The van der Waals surface area contributed by atoms with Gasteiger partial charge in [-0.05, 0) is 35.7 Å². The molecule has 0 amide bonds. The second kappa shape index (κ2) is 14.9. The van der Waals surface area contributed by atoms with E-state index in [1.807, 2.05) is 0 Å². The van der Waals surface area contributed by atoms with Crippen molar-refractivity contribution in [1.29, 1.82) is 0 Å². The molecule has 0 aliphatic heterocycles. The van der Waals surface area contributed by atoms with Crippen molar-refractivity contribution >= 4 is 96.9 Å². The number of benzene rings is 4. The number of rotatable bonds is 14. The average molecular weight is 829 g/mol. The number of nitrogens with zero attached hydrogens (tertiary/aromatic N) is 5. The molecule has 1 heterocycles. The Hall–Kier alpha value is -5.23. The number of azo groups is 1. The minimum absolute atomic E-state index is 0.0335. The highest BCUT2D eigenvalue weighted by Gasteiger charge is 2.28. The Balaban J connectivity index is 1.79. The molecule has 0 saturated carbocycles. The molecule has 0 atom stereocenters. The summed E-state index contributed by atoms with van der Waals surface area (Å²) in [6.07, 6.45) is 0. The van der Waals surface area contributed by atoms with Gasteiger partial charge in [-0.25, -0.2) is 0 Å². The molecule has 23 nitrogen and oxygen atoms in total. The summed E-state index contributed by atoms with van der Waals surface area (Å²) in [5, 5.41) is 25.5. The van der Waals surface area contributed by atoms with Crippen molar-refractivity contribution in [1.82, 2.24) is 15.0 Å². The summed E-state index contributed by atoms with van der Waals surface area (Å²) >= 11 is 0. The van der Waals surface area contributed by atoms with E-state index in [2.05, 4.69) is 41.1 Å². The van der Waals surface area contributed by atoms with Crippen molar-refractivity contribution in [2.45, 2.75) is 19.6 Å². The van der Waals surface area contributed by atoms with Gasteiger partial charge in [-0.3, -0.25) is 18.2 Å². The summed E-state index contributed by atoms with van der Waals surface area (Å²) in [7, 11) is -20.6. The van der Waals surface area contributed by atoms with E-state index >= 15 is 0 Å².